The maximum atomic E-state index is 13.8. The molecule has 1 unspecified atom stereocenters. The van der Waals surface area contributed by atoms with Crippen molar-refractivity contribution in [2.75, 3.05) is 57.7 Å². The number of amides is 6. The van der Waals surface area contributed by atoms with Crippen LogP contribution >= 0.6 is 0 Å². The molecular weight excluding hydrogens is 823 g/mol. The van der Waals surface area contributed by atoms with Crippen molar-refractivity contribution in [1.82, 2.24) is 34.7 Å². The van der Waals surface area contributed by atoms with Gasteiger partial charge < -0.3 is 35.4 Å². The Morgan fingerprint density at radius 2 is 1.49 bits per heavy atom. The molecule has 4 aromatic rings. The van der Waals surface area contributed by atoms with E-state index in [0.717, 1.165) is 108 Å². The lowest BCUT2D eigenvalue weighted by atomic mass is 9.86. The first-order valence-electron chi connectivity index (χ1n) is 23.7. The van der Waals surface area contributed by atoms with Gasteiger partial charge in [-0.15, -0.1) is 0 Å². The fourth-order valence-electron chi connectivity index (χ4n) is 11.3. The van der Waals surface area contributed by atoms with Crippen molar-refractivity contribution in [2.45, 2.75) is 88.8 Å². The molecule has 4 saturated heterocycles. The number of piperidine rings is 4. The molecule has 10 rings (SSSR count). The molecule has 0 saturated carbocycles. The van der Waals surface area contributed by atoms with Crippen LogP contribution in [-0.2, 0) is 16.1 Å². The average Bonchev–Trinajstić information content (AvgIpc) is 3.89. The number of carbonyl (C=O) groups is 5. The monoisotopic (exact) mass is 881 g/mol. The van der Waals surface area contributed by atoms with Gasteiger partial charge in [-0.2, -0.15) is 5.10 Å². The molecule has 6 amide bonds. The van der Waals surface area contributed by atoms with Gasteiger partial charge in [-0.3, -0.25) is 24.5 Å². The van der Waals surface area contributed by atoms with Crippen LogP contribution in [0, 0.1) is 11.8 Å². The number of primary amides is 1. The summed E-state index contributed by atoms with van der Waals surface area (Å²) < 4.78 is 7.97. The molecule has 1 aromatic heterocycles. The number of hydrogen-bond acceptors (Lipinski definition) is 9. The molecule has 0 aliphatic carbocycles. The second-order valence-electron chi connectivity index (χ2n) is 18.9. The van der Waals surface area contributed by atoms with Gasteiger partial charge in [-0.05, 0) is 149 Å². The number of para-hydroxylation sites is 1. The number of likely N-dealkylation sites (tertiary alicyclic amines) is 3. The molecule has 65 heavy (non-hydrogen) atoms. The van der Waals surface area contributed by atoms with Gasteiger partial charge in [0.25, 0.3) is 11.8 Å². The van der Waals surface area contributed by atoms with Crippen LogP contribution in [0.4, 0.5) is 10.6 Å². The Hall–Kier alpha value is -6.22. The van der Waals surface area contributed by atoms with Crippen LogP contribution in [0.3, 0.4) is 0 Å². The van der Waals surface area contributed by atoms with Crippen molar-refractivity contribution in [2.24, 2.45) is 17.6 Å². The van der Waals surface area contributed by atoms with Crippen LogP contribution in [0.15, 0.2) is 72.8 Å². The lowest BCUT2D eigenvalue weighted by Crippen LogP contribution is -2.52. The fraction of sp³-hybridized carbons (Fsp3) is 0.480. The second kappa shape index (κ2) is 18.3. The third-order valence-electron chi connectivity index (χ3n) is 15.0. The Morgan fingerprint density at radius 3 is 2.20 bits per heavy atom. The molecule has 4 fully saturated rings. The van der Waals surface area contributed by atoms with Crippen LogP contribution in [0.5, 0.6) is 11.5 Å². The van der Waals surface area contributed by atoms with Gasteiger partial charge in [0.15, 0.2) is 0 Å². The van der Waals surface area contributed by atoms with Crippen molar-refractivity contribution < 1.29 is 28.7 Å². The minimum absolute atomic E-state index is 0.100. The van der Waals surface area contributed by atoms with Crippen molar-refractivity contribution >= 4 is 35.5 Å². The number of imide groups is 1. The van der Waals surface area contributed by atoms with Crippen molar-refractivity contribution in [3.05, 3.63) is 95.1 Å². The number of hydrogen-bond donors (Lipinski definition) is 3. The maximum absolute atomic E-state index is 13.8. The van der Waals surface area contributed by atoms with E-state index in [-0.39, 0.29) is 36.2 Å². The lowest BCUT2D eigenvalue weighted by Gasteiger charge is -2.41. The smallest absolute Gasteiger partial charge is 0.319 e. The second-order valence-corrected chi connectivity index (χ2v) is 18.9. The number of nitrogens with one attached hydrogen (secondary N) is 2. The van der Waals surface area contributed by atoms with Gasteiger partial charge in [-0.1, -0.05) is 30.3 Å². The molecule has 3 aromatic carbocycles. The molecule has 4 N–H and O–H groups in total. The summed E-state index contributed by atoms with van der Waals surface area (Å²) in [5.41, 5.74) is 10.7. The van der Waals surface area contributed by atoms with E-state index in [9.17, 15) is 24.0 Å². The summed E-state index contributed by atoms with van der Waals surface area (Å²) in [5, 5.41) is 10.8. The molecule has 340 valence electrons. The first kappa shape index (κ1) is 42.7. The first-order chi connectivity index (χ1) is 31.7. The van der Waals surface area contributed by atoms with Gasteiger partial charge in [0, 0.05) is 56.8 Å². The Morgan fingerprint density at radius 1 is 0.785 bits per heavy atom. The zero-order valence-corrected chi connectivity index (χ0v) is 37.0. The standard InChI is InChI=1S/C50H59N9O6/c51-46(61)44-45(35-6-9-39(10-7-35)65-38-4-2-1-3-5-38)54-59-41(14-22-52-47(44)59)34-20-28-57(29-21-34)50(64)56-26-16-32(17-27-56)15-23-55-24-18-33(19-25-55)36-8-11-40-37(30-36)31-58(49(40)63)42-12-13-43(60)53-48(42)62/h1-11,30,32-34,41-42,52H,12-29,31H2,(H2,51,61)(H,53,60,62)/t41-,42?/m0/s1. The van der Waals surface area contributed by atoms with E-state index in [1.54, 1.807) is 4.90 Å². The number of urea groups is 1. The maximum Gasteiger partial charge on any atom is 0.319 e. The van der Waals surface area contributed by atoms with Gasteiger partial charge >= 0.3 is 6.03 Å². The van der Waals surface area contributed by atoms with E-state index in [1.807, 2.05) is 70.2 Å². The molecule has 0 spiro atoms. The molecule has 6 aliphatic heterocycles. The van der Waals surface area contributed by atoms with Crippen LogP contribution in [0.2, 0.25) is 0 Å². The third kappa shape index (κ3) is 8.82. The van der Waals surface area contributed by atoms with E-state index in [1.165, 1.54) is 5.56 Å². The summed E-state index contributed by atoms with van der Waals surface area (Å²) in [6.45, 7) is 7.32. The van der Waals surface area contributed by atoms with Crippen LogP contribution < -0.4 is 21.1 Å². The minimum Gasteiger partial charge on any atom is -0.457 e. The molecule has 2 atom stereocenters. The Bertz CT molecular complexity index is 2430. The molecule has 6 aliphatic rings. The fourth-order valence-corrected chi connectivity index (χ4v) is 11.3. The minimum atomic E-state index is -0.593. The third-order valence-corrected chi connectivity index (χ3v) is 15.0. The summed E-state index contributed by atoms with van der Waals surface area (Å²) in [6, 6.07) is 23.0. The zero-order valence-electron chi connectivity index (χ0n) is 37.0. The number of anilines is 1. The molecule has 0 bridgehead atoms. The summed E-state index contributed by atoms with van der Waals surface area (Å²) in [7, 11) is 0. The lowest BCUT2D eigenvalue weighted by molar-refractivity contribution is -0.136. The van der Waals surface area contributed by atoms with Crippen molar-refractivity contribution in [3.8, 4) is 22.8 Å². The highest BCUT2D eigenvalue weighted by atomic mass is 16.5. The van der Waals surface area contributed by atoms with Crippen molar-refractivity contribution in [1.29, 1.82) is 0 Å². The molecule has 15 nitrogen and oxygen atoms in total. The zero-order chi connectivity index (χ0) is 44.6. The number of nitrogens with zero attached hydrogens (tertiary/aromatic N) is 6. The van der Waals surface area contributed by atoms with Gasteiger partial charge in [0.1, 0.15) is 34.6 Å². The predicted molar refractivity (Wildman–Crippen MR) is 244 cm³/mol. The van der Waals surface area contributed by atoms with E-state index in [2.05, 4.69) is 32.6 Å². The number of carbonyl (C=O) groups excluding carboxylic acids is 5. The Labute approximate surface area is 379 Å². The van der Waals surface area contributed by atoms with E-state index in [0.29, 0.717) is 72.2 Å². The molecule has 15 heteroatoms. The highest BCUT2D eigenvalue weighted by Gasteiger charge is 2.40. The topological polar surface area (TPSA) is 175 Å². The highest BCUT2D eigenvalue weighted by Crippen LogP contribution is 2.41. The van der Waals surface area contributed by atoms with Gasteiger partial charge in [-0.25, -0.2) is 9.48 Å². The number of aromatic nitrogens is 2. The highest BCUT2D eigenvalue weighted by molar-refractivity contribution is 6.05. The predicted octanol–water partition coefficient (Wildman–Crippen LogP) is 6.37. The summed E-state index contributed by atoms with van der Waals surface area (Å²) >= 11 is 0. The van der Waals surface area contributed by atoms with E-state index < -0.39 is 11.9 Å². The van der Waals surface area contributed by atoms with Crippen LogP contribution in [-0.4, -0.2) is 117 Å². The van der Waals surface area contributed by atoms with Crippen LogP contribution in [0.25, 0.3) is 11.3 Å². The molecular formula is C50H59N9O6. The van der Waals surface area contributed by atoms with Gasteiger partial charge in [0.05, 0.1) is 6.04 Å². The Kier molecular flexibility index (Phi) is 12.1. The summed E-state index contributed by atoms with van der Waals surface area (Å²) in [5.74, 6) is 2.20. The van der Waals surface area contributed by atoms with E-state index >= 15 is 0 Å². The normalized spacial score (nSPS) is 22.3. The largest absolute Gasteiger partial charge is 0.457 e. The SMILES string of the molecule is NC(=O)c1c(-c2ccc(Oc3ccccc3)cc2)nn2c1NCC[C@H]2C1CCN(C(=O)N2CCC(CCN3CCC(c4ccc5c(c4)CN(C4CCC(=O)NC4=O)C5=O)CC3)CC2)CC1. The van der Waals surface area contributed by atoms with Gasteiger partial charge in [0.2, 0.25) is 11.8 Å². The first-order valence-corrected chi connectivity index (χ1v) is 23.7. The quantitative estimate of drug-likeness (QED) is 0.153. The average molecular weight is 882 g/mol. The van der Waals surface area contributed by atoms with Crippen molar-refractivity contribution in [3.63, 3.8) is 0 Å². The van der Waals surface area contributed by atoms with Crippen LogP contribution in [0.1, 0.15) is 108 Å². The number of rotatable bonds is 10. The number of benzene rings is 3. The number of fused-ring (bicyclic) bond motifs is 2. The summed E-state index contributed by atoms with van der Waals surface area (Å²) in [6.07, 6.45) is 8.63. The molecule has 7 heterocycles. The number of ether oxygens (including phenoxy) is 1. The number of nitrogens with two attached hydrogens (primary N) is 1. The van der Waals surface area contributed by atoms with E-state index in [4.69, 9.17) is 15.6 Å². The Balaban J connectivity index is 0.669. The molecule has 0 radical (unpaired) electrons. The summed E-state index contributed by atoms with van der Waals surface area (Å²) in [4.78, 5) is 72.3.